The molecular formula is C14H20. The van der Waals surface area contributed by atoms with Crippen LogP contribution >= 0.6 is 0 Å². The average molecular weight is 188 g/mol. The Balaban J connectivity index is 2.11. The molecule has 76 valence electrons. The molecule has 1 fully saturated rings. The highest BCUT2D eigenvalue weighted by molar-refractivity contribution is 5.20. The van der Waals surface area contributed by atoms with E-state index >= 15 is 0 Å². The largest absolute Gasteiger partial charge is 0.0625 e. The number of hydrogen-bond donors (Lipinski definition) is 0. The lowest BCUT2D eigenvalue weighted by molar-refractivity contribution is 0.268. The SMILES string of the molecule is C[C@@H]1CC(c2ccccc2)C[C@@H](C)C1. The molecule has 0 heterocycles. The van der Waals surface area contributed by atoms with Crippen LogP contribution in [0.5, 0.6) is 0 Å². The Kier molecular flexibility index (Phi) is 2.90. The third kappa shape index (κ3) is 2.17. The fraction of sp³-hybridized carbons (Fsp3) is 0.571. The fourth-order valence-corrected chi connectivity index (χ4v) is 2.94. The molecule has 0 N–H and O–H groups in total. The minimum atomic E-state index is 0.815. The van der Waals surface area contributed by atoms with Gasteiger partial charge in [0.2, 0.25) is 0 Å². The van der Waals surface area contributed by atoms with E-state index in [-0.39, 0.29) is 0 Å². The van der Waals surface area contributed by atoms with Crippen molar-refractivity contribution in [1.29, 1.82) is 0 Å². The molecule has 0 amide bonds. The van der Waals surface area contributed by atoms with Gasteiger partial charge in [0.05, 0.1) is 0 Å². The fourth-order valence-electron chi connectivity index (χ4n) is 2.94. The molecule has 0 aromatic heterocycles. The van der Waals surface area contributed by atoms with Gasteiger partial charge in [0.1, 0.15) is 0 Å². The van der Waals surface area contributed by atoms with E-state index < -0.39 is 0 Å². The molecule has 1 aliphatic carbocycles. The summed E-state index contributed by atoms with van der Waals surface area (Å²) in [5, 5.41) is 0. The van der Waals surface area contributed by atoms with Gasteiger partial charge < -0.3 is 0 Å². The zero-order chi connectivity index (χ0) is 9.97. The minimum absolute atomic E-state index is 0.815. The molecule has 0 radical (unpaired) electrons. The van der Waals surface area contributed by atoms with Gasteiger partial charge in [-0.3, -0.25) is 0 Å². The van der Waals surface area contributed by atoms with Crippen LogP contribution in [0.25, 0.3) is 0 Å². The molecule has 14 heavy (non-hydrogen) atoms. The number of rotatable bonds is 1. The van der Waals surface area contributed by atoms with Gasteiger partial charge in [-0.25, -0.2) is 0 Å². The van der Waals surface area contributed by atoms with E-state index in [9.17, 15) is 0 Å². The lowest BCUT2D eigenvalue weighted by atomic mass is 9.74. The van der Waals surface area contributed by atoms with Crippen LogP contribution in [0.1, 0.15) is 44.6 Å². The van der Waals surface area contributed by atoms with E-state index in [0.29, 0.717) is 0 Å². The van der Waals surface area contributed by atoms with Crippen LogP contribution in [0.4, 0.5) is 0 Å². The summed E-state index contributed by atoms with van der Waals surface area (Å²) in [7, 11) is 0. The Bertz CT molecular complexity index is 265. The van der Waals surface area contributed by atoms with Crippen molar-refractivity contribution in [3.05, 3.63) is 35.9 Å². The zero-order valence-electron chi connectivity index (χ0n) is 9.24. The Morgan fingerprint density at radius 2 is 1.43 bits per heavy atom. The second-order valence-electron chi connectivity index (χ2n) is 5.03. The predicted octanol–water partition coefficient (Wildman–Crippen LogP) is 4.23. The maximum atomic E-state index is 2.39. The van der Waals surface area contributed by atoms with Gasteiger partial charge in [-0.1, -0.05) is 44.2 Å². The highest BCUT2D eigenvalue weighted by Gasteiger charge is 2.24. The first-order valence-corrected chi connectivity index (χ1v) is 5.80. The van der Waals surface area contributed by atoms with E-state index in [1.165, 1.54) is 19.3 Å². The molecule has 1 saturated carbocycles. The molecule has 0 heteroatoms. The third-order valence-electron chi connectivity index (χ3n) is 3.45. The summed E-state index contributed by atoms with van der Waals surface area (Å²) in [5.74, 6) is 2.63. The Morgan fingerprint density at radius 1 is 0.857 bits per heavy atom. The first kappa shape index (κ1) is 9.76. The van der Waals surface area contributed by atoms with Crippen molar-refractivity contribution in [2.24, 2.45) is 11.8 Å². The lowest BCUT2D eigenvalue weighted by Crippen LogP contribution is -2.18. The van der Waals surface area contributed by atoms with Crippen molar-refractivity contribution < 1.29 is 0 Å². The number of hydrogen-bond acceptors (Lipinski definition) is 0. The van der Waals surface area contributed by atoms with E-state index in [4.69, 9.17) is 0 Å². The van der Waals surface area contributed by atoms with Crippen molar-refractivity contribution >= 4 is 0 Å². The standard InChI is InChI=1S/C14H20/c1-11-8-12(2)10-14(9-11)13-6-4-3-5-7-13/h3-7,11-12,14H,8-10H2,1-2H3/t11-,12-/m0/s1. The highest BCUT2D eigenvalue weighted by Crippen LogP contribution is 2.38. The van der Waals surface area contributed by atoms with Crippen molar-refractivity contribution in [3.63, 3.8) is 0 Å². The summed E-state index contributed by atoms with van der Waals surface area (Å²) in [6.07, 6.45) is 4.19. The van der Waals surface area contributed by atoms with Crippen molar-refractivity contribution in [2.45, 2.75) is 39.0 Å². The van der Waals surface area contributed by atoms with Gasteiger partial charge in [0, 0.05) is 0 Å². The molecule has 1 aromatic carbocycles. The van der Waals surface area contributed by atoms with E-state index in [1.807, 2.05) is 0 Å². The molecule has 2 atom stereocenters. The van der Waals surface area contributed by atoms with Gasteiger partial charge in [-0.2, -0.15) is 0 Å². The van der Waals surface area contributed by atoms with Crippen LogP contribution in [0.3, 0.4) is 0 Å². The average Bonchev–Trinajstić information content (AvgIpc) is 2.18. The smallest absolute Gasteiger partial charge is 0.0157 e. The Morgan fingerprint density at radius 3 is 2.00 bits per heavy atom. The second kappa shape index (κ2) is 4.16. The van der Waals surface area contributed by atoms with Crippen molar-refractivity contribution in [3.8, 4) is 0 Å². The van der Waals surface area contributed by atoms with Crippen molar-refractivity contribution in [2.75, 3.05) is 0 Å². The molecule has 0 saturated heterocycles. The highest BCUT2D eigenvalue weighted by atomic mass is 14.3. The topological polar surface area (TPSA) is 0 Å². The molecule has 1 aromatic rings. The second-order valence-corrected chi connectivity index (χ2v) is 5.03. The van der Waals surface area contributed by atoms with Crippen LogP contribution in [0.2, 0.25) is 0 Å². The number of benzene rings is 1. The molecule has 0 aliphatic heterocycles. The van der Waals surface area contributed by atoms with Crippen LogP contribution in [-0.4, -0.2) is 0 Å². The summed E-state index contributed by atoms with van der Waals surface area (Å²) in [4.78, 5) is 0. The predicted molar refractivity (Wildman–Crippen MR) is 61.4 cm³/mol. The van der Waals surface area contributed by atoms with E-state index in [2.05, 4.69) is 44.2 Å². The summed E-state index contributed by atoms with van der Waals surface area (Å²) in [5.41, 5.74) is 1.55. The Hall–Kier alpha value is -0.780. The molecule has 0 unspecified atom stereocenters. The summed E-state index contributed by atoms with van der Waals surface area (Å²) < 4.78 is 0. The normalized spacial score (nSPS) is 32.9. The summed E-state index contributed by atoms with van der Waals surface area (Å²) >= 11 is 0. The molecule has 0 bridgehead atoms. The van der Waals surface area contributed by atoms with Gasteiger partial charge in [0.25, 0.3) is 0 Å². The van der Waals surface area contributed by atoms with Crippen molar-refractivity contribution in [1.82, 2.24) is 0 Å². The van der Waals surface area contributed by atoms with E-state index in [1.54, 1.807) is 5.56 Å². The first-order chi connectivity index (χ1) is 6.75. The maximum Gasteiger partial charge on any atom is -0.0157 e. The summed E-state index contributed by atoms with van der Waals surface area (Å²) in [6.45, 7) is 4.79. The molecule has 0 nitrogen and oxygen atoms in total. The third-order valence-corrected chi connectivity index (χ3v) is 3.45. The monoisotopic (exact) mass is 188 g/mol. The molecule has 1 aliphatic rings. The van der Waals surface area contributed by atoms with E-state index in [0.717, 1.165) is 17.8 Å². The molecular weight excluding hydrogens is 168 g/mol. The minimum Gasteiger partial charge on any atom is -0.0625 e. The first-order valence-electron chi connectivity index (χ1n) is 5.80. The van der Waals surface area contributed by atoms with Gasteiger partial charge >= 0.3 is 0 Å². The molecule has 0 spiro atoms. The molecule has 2 rings (SSSR count). The van der Waals surface area contributed by atoms with Gasteiger partial charge in [-0.05, 0) is 42.6 Å². The zero-order valence-corrected chi connectivity index (χ0v) is 9.24. The van der Waals surface area contributed by atoms with Gasteiger partial charge in [-0.15, -0.1) is 0 Å². The quantitative estimate of drug-likeness (QED) is 0.619. The maximum absolute atomic E-state index is 2.39. The van der Waals surface area contributed by atoms with Crippen LogP contribution in [0.15, 0.2) is 30.3 Å². The van der Waals surface area contributed by atoms with Crippen LogP contribution in [-0.2, 0) is 0 Å². The summed E-state index contributed by atoms with van der Waals surface area (Å²) in [6, 6.07) is 11.0. The lowest BCUT2D eigenvalue weighted by Gasteiger charge is -2.31. The van der Waals surface area contributed by atoms with Gasteiger partial charge in [0.15, 0.2) is 0 Å². The van der Waals surface area contributed by atoms with Crippen LogP contribution < -0.4 is 0 Å². The van der Waals surface area contributed by atoms with Crippen LogP contribution in [0, 0.1) is 11.8 Å². The Labute approximate surface area is 87.3 Å².